The molecule has 0 aliphatic heterocycles. The summed E-state index contributed by atoms with van der Waals surface area (Å²) in [7, 11) is 3.24. The molecule has 196 valence electrons. The fraction of sp³-hybridized carbons (Fsp3) is 0.414. The van der Waals surface area contributed by atoms with Gasteiger partial charge in [-0.3, -0.25) is 4.79 Å². The van der Waals surface area contributed by atoms with Gasteiger partial charge in [0.05, 0.1) is 25.3 Å². The molecule has 0 saturated carbocycles. The van der Waals surface area contributed by atoms with Gasteiger partial charge in [0.1, 0.15) is 16.9 Å². The van der Waals surface area contributed by atoms with E-state index in [-0.39, 0.29) is 11.9 Å². The van der Waals surface area contributed by atoms with Gasteiger partial charge in [-0.05, 0) is 55.5 Å². The van der Waals surface area contributed by atoms with Crippen LogP contribution >= 0.6 is 0 Å². The third-order valence-electron chi connectivity index (χ3n) is 6.69. The van der Waals surface area contributed by atoms with Crippen LogP contribution in [0, 0.1) is 5.92 Å². The van der Waals surface area contributed by atoms with Gasteiger partial charge >= 0.3 is 0 Å². The average Bonchev–Trinajstić information content (AvgIpc) is 3.15. The van der Waals surface area contributed by atoms with Crippen LogP contribution in [0.2, 0.25) is 0 Å². The number of ether oxygens (including phenoxy) is 2. The molecule has 8 heteroatoms. The molecule has 2 aromatic carbocycles. The largest absolute Gasteiger partial charge is 0.493 e. The number of nitrogens with one attached hydrogen (secondary N) is 1. The molecular weight excluding hydrogens is 466 g/mol. The van der Waals surface area contributed by atoms with Gasteiger partial charge in [-0.25, -0.2) is 9.97 Å². The molecule has 2 aromatic heterocycles. The molecule has 0 spiro atoms. The maximum Gasteiger partial charge on any atom is 0.257 e. The number of methoxy groups -OCH3 is 2. The van der Waals surface area contributed by atoms with Gasteiger partial charge in [-0.15, -0.1) is 0 Å². The quantitative estimate of drug-likeness (QED) is 0.285. The Bertz CT molecular complexity index is 1400. The number of rotatable bonds is 11. The third kappa shape index (κ3) is 5.79. The van der Waals surface area contributed by atoms with Gasteiger partial charge in [0.15, 0.2) is 17.1 Å². The molecule has 0 radical (unpaired) electrons. The van der Waals surface area contributed by atoms with Crippen LogP contribution in [0.4, 0.5) is 5.82 Å². The van der Waals surface area contributed by atoms with Crippen LogP contribution in [0.15, 0.2) is 42.5 Å². The molecule has 0 unspecified atom stereocenters. The Morgan fingerprint density at radius 1 is 1.00 bits per heavy atom. The van der Waals surface area contributed by atoms with Crippen molar-refractivity contribution in [1.29, 1.82) is 0 Å². The lowest BCUT2D eigenvalue weighted by Crippen LogP contribution is -2.33. The standard InChI is InChI=1S/C29H37N5O3/c1-18(2)9-8-10-19(3)31-29(35)25-26-28(33-22-12-7-6-11-21(22)32-26)34(27(25)30)16-15-20-13-14-23(36-4)24(17-20)37-5/h6-7,11-14,17-19H,8-10,15-16,30H2,1-5H3,(H,31,35)/t19-/m1/s1. The van der Waals surface area contributed by atoms with Gasteiger partial charge in [-0.2, -0.15) is 0 Å². The molecule has 2 heterocycles. The zero-order chi connectivity index (χ0) is 26.5. The number of nitrogen functional groups attached to an aromatic ring is 1. The highest BCUT2D eigenvalue weighted by Crippen LogP contribution is 2.30. The Labute approximate surface area is 218 Å². The van der Waals surface area contributed by atoms with E-state index in [4.69, 9.17) is 25.2 Å². The topological polar surface area (TPSA) is 104 Å². The Morgan fingerprint density at radius 2 is 1.70 bits per heavy atom. The Balaban J connectivity index is 1.67. The first-order chi connectivity index (χ1) is 17.8. The summed E-state index contributed by atoms with van der Waals surface area (Å²) in [6.07, 6.45) is 3.77. The normalized spacial score (nSPS) is 12.3. The van der Waals surface area contributed by atoms with Crippen molar-refractivity contribution in [2.24, 2.45) is 5.92 Å². The number of para-hydroxylation sites is 2. The minimum Gasteiger partial charge on any atom is -0.493 e. The summed E-state index contributed by atoms with van der Waals surface area (Å²) in [5.41, 5.74) is 10.7. The molecule has 0 bridgehead atoms. The molecule has 0 saturated heterocycles. The fourth-order valence-corrected chi connectivity index (χ4v) is 4.64. The second-order valence-corrected chi connectivity index (χ2v) is 9.94. The molecule has 4 aromatic rings. The summed E-state index contributed by atoms with van der Waals surface area (Å²) in [6, 6.07) is 13.5. The van der Waals surface area contributed by atoms with Crippen molar-refractivity contribution in [3.8, 4) is 11.5 Å². The lowest BCUT2D eigenvalue weighted by Gasteiger charge is -2.15. The number of carbonyl (C=O) groups is 1. The summed E-state index contributed by atoms with van der Waals surface area (Å²) in [4.78, 5) is 23.1. The third-order valence-corrected chi connectivity index (χ3v) is 6.69. The number of anilines is 1. The molecule has 0 aliphatic carbocycles. The number of nitrogens with two attached hydrogens (primary N) is 1. The van der Waals surface area contributed by atoms with Crippen LogP contribution in [-0.4, -0.2) is 40.7 Å². The van der Waals surface area contributed by atoms with Crippen LogP contribution in [0.25, 0.3) is 22.2 Å². The highest BCUT2D eigenvalue weighted by Gasteiger charge is 2.25. The second kappa shape index (κ2) is 11.5. The van der Waals surface area contributed by atoms with E-state index in [0.29, 0.717) is 52.9 Å². The molecular formula is C29H37N5O3. The average molecular weight is 504 g/mol. The van der Waals surface area contributed by atoms with E-state index in [1.165, 1.54) is 0 Å². The zero-order valence-corrected chi connectivity index (χ0v) is 22.4. The number of aryl methyl sites for hydroxylation is 2. The number of benzene rings is 2. The lowest BCUT2D eigenvalue weighted by atomic mass is 10.0. The van der Waals surface area contributed by atoms with E-state index in [2.05, 4.69) is 19.2 Å². The maximum absolute atomic E-state index is 13.5. The van der Waals surface area contributed by atoms with E-state index in [0.717, 1.165) is 35.9 Å². The predicted molar refractivity (Wildman–Crippen MR) is 148 cm³/mol. The van der Waals surface area contributed by atoms with Crippen LogP contribution in [0.3, 0.4) is 0 Å². The van der Waals surface area contributed by atoms with Gasteiger partial charge in [-0.1, -0.05) is 44.9 Å². The van der Waals surface area contributed by atoms with Gasteiger partial charge < -0.3 is 25.1 Å². The first kappa shape index (κ1) is 26.3. The molecule has 4 rings (SSSR count). The SMILES string of the molecule is COc1ccc(CCn2c(N)c(C(=O)N[C@H](C)CCCC(C)C)c3nc4ccccc4nc32)cc1OC. The number of fused-ring (bicyclic) bond motifs is 2. The van der Waals surface area contributed by atoms with Crippen LogP contribution in [0.5, 0.6) is 11.5 Å². The van der Waals surface area contributed by atoms with Gasteiger partial charge in [0, 0.05) is 12.6 Å². The number of aromatic nitrogens is 3. The number of hydrogen-bond donors (Lipinski definition) is 2. The molecule has 37 heavy (non-hydrogen) atoms. The second-order valence-electron chi connectivity index (χ2n) is 9.94. The Hall–Kier alpha value is -3.81. The van der Waals surface area contributed by atoms with Crippen LogP contribution < -0.4 is 20.5 Å². The number of hydrogen-bond acceptors (Lipinski definition) is 6. The van der Waals surface area contributed by atoms with E-state index >= 15 is 0 Å². The molecule has 1 amide bonds. The molecule has 0 fully saturated rings. The highest BCUT2D eigenvalue weighted by atomic mass is 16.5. The first-order valence-electron chi connectivity index (χ1n) is 12.9. The maximum atomic E-state index is 13.5. The van der Waals surface area contributed by atoms with Crippen molar-refractivity contribution in [2.45, 2.75) is 59.0 Å². The van der Waals surface area contributed by atoms with E-state index in [9.17, 15) is 4.79 Å². The van der Waals surface area contributed by atoms with Crippen LogP contribution in [0.1, 0.15) is 56.0 Å². The smallest absolute Gasteiger partial charge is 0.257 e. The van der Waals surface area contributed by atoms with E-state index in [1.54, 1.807) is 14.2 Å². The van der Waals surface area contributed by atoms with Crippen molar-refractivity contribution in [1.82, 2.24) is 19.9 Å². The minimum atomic E-state index is -0.214. The number of nitrogens with zero attached hydrogens (tertiary/aromatic N) is 3. The van der Waals surface area contributed by atoms with Crippen molar-refractivity contribution in [3.63, 3.8) is 0 Å². The Morgan fingerprint density at radius 3 is 2.38 bits per heavy atom. The number of amides is 1. The van der Waals surface area contributed by atoms with Crippen molar-refractivity contribution in [3.05, 3.63) is 53.6 Å². The van der Waals surface area contributed by atoms with Crippen molar-refractivity contribution in [2.75, 3.05) is 20.0 Å². The van der Waals surface area contributed by atoms with E-state index in [1.807, 2.05) is 54.0 Å². The van der Waals surface area contributed by atoms with Crippen LogP contribution in [-0.2, 0) is 13.0 Å². The molecule has 0 aliphatic rings. The van der Waals surface area contributed by atoms with Crippen molar-refractivity contribution >= 4 is 33.9 Å². The molecule has 3 N–H and O–H groups in total. The summed E-state index contributed by atoms with van der Waals surface area (Å²) >= 11 is 0. The zero-order valence-electron chi connectivity index (χ0n) is 22.4. The number of carbonyl (C=O) groups excluding carboxylic acids is 1. The monoisotopic (exact) mass is 503 g/mol. The summed E-state index contributed by atoms with van der Waals surface area (Å²) in [5, 5.41) is 3.14. The van der Waals surface area contributed by atoms with E-state index < -0.39 is 0 Å². The lowest BCUT2D eigenvalue weighted by molar-refractivity contribution is 0.0940. The molecule has 8 nitrogen and oxygen atoms in total. The summed E-state index contributed by atoms with van der Waals surface area (Å²) in [6.45, 7) is 6.99. The highest BCUT2D eigenvalue weighted by molar-refractivity contribution is 6.10. The minimum absolute atomic E-state index is 0.0317. The summed E-state index contributed by atoms with van der Waals surface area (Å²) in [5.74, 6) is 2.15. The van der Waals surface area contributed by atoms with Crippen molar-refractivity contribution < 1.29 is 14.3 Å². The Kier molecular flexibility index (Phi) is 8.16. The summed E-state index contributed by atoms with van der Waals surface area (Å²) < 4.78 is 12.7. The fourth-order valence-electron chi connectivity index (χ4n) is 4.64. The van der Waals surface area contributed by atoms with Gasteiger partial charge in [0.25, 0.3) is 5.91 Å². The van der Waals surface area contributed by atoms with Gasteiger partial charge in [0.2, 0.25) is 0 Å². The molecule has 1 atom stereocenters. The first-order valence-corrected chi connectivity index (χ1v) is 12.9. The predicted octanol–water partition coefficient (Wildman–Crippen LogP) is 5.37.